The van der Waals surface area contributed by atoms with Crippen LogP contribution >= 0.6 is 11.3 Å². The third-order valence-corrected chi connectivity index (χ3v) is 4.84. The van der Waals surface area contributed by atoms with Crippen LogP contribution in [0.15, 0.2) is 29.3 Å². The molecule has 0 amide bonds. The van der Waals surface area contributed by atoms with Gasteiger partial charge in [0.05, 0.1) is 19.0 Å². The first-order chi connectivity index (χ1) is 10.7. The maximum absolute atomic E-state index is 11.3. The van der Waals surface area contributed by atoms with Crippen LogP contribution in [0.1, 0.15) is 21.9 Å². The fourth-order valence-electron chi connectivity index (χ4n) is 2.74. The largest absolute Gasteiger partial charge is 0.376 e. The van der Waals surface area contributed by atoms with Gasteiger partial charge in [0.1, 0.15) is 0 Å². The van der Waals surface area contributed by atoms with E-state index in [9.17, 15) is 4.79 Å². The Morgan fingerprint density at radius 3 is 3.18 bits per heavy atom. The SMILES string of the molecule is Cc1ccc(CN2CCOC(CCc3cc(=O)[nH]cn3)C2)s1. The van der Waals surface area contributed by atoms with E-state index in [0.29, 0.717) is 0 Å². The molecule has 0 saturated carbocycles. The number of nitrogens with zero attached hydrogens (tertiary/aromatic N) is 2. The first-order valence-corrected chi connectivity index (χ1v) is 8.43. The number of ether oxygens (including phenoxy) is 1. The van der Waals surface area contributed by atoms with E-state index in [2.05, 4.69) is 33.9 Å². The van der Waals surface area contributed by atoms with Crippen LogP contribution < -0.4 is 5.56 Å². The normalized spacial score (nSPS) is 19.4. The van der Waals surface area contributed by atoms with Crippen molar-refractivity contribution in [2.24, 2.45) is 0 Å². The minimum absolute atomic E-state index is 0.0933. The minimum Gasteiger partial charge on any atom is -0.376 e. The van der Waals surface area contributed by atoms with E-state index in [4.69, 9.17) is 4.74 Å². The molecular formula is C16H21N3O2S. The Morgan fingerprint density at radius 2 is 2.41 bits per heavy atom. The van der Waals surface area contributed by atoms with Crippen LogP contribution in [0.3, 0.4) is 0 Å². The smallest absolute Gasteiger partial charge is 0.250 e. The lowest BCUT2D eigenvalue weighted by atomic mass is 10.1. The van der Waals surface area contributed by atoms with E-state index in [-0.39, 0.29) is 11.7 Å². The van der Waals surface area contributed by atoms with E-state index in [0.717, 1.165) is 44.8 Å². The average molecular weight is 319 g/mol. The molecule has 1 unspecified atom stereocenters. The number of morpholine rings is 1. The van der Waals surface area contributed by atoms with Crippen molar-refractivity contribution in [3.05, 3.63) is 50.3 Å². The highest BCUT2D eigenvalue weighted by atomic mass is 32.1. The summed E-state index contributed by atoms with van der Waals surface area (Å²) >= 11 is 1.86. The van der Waals surface area contributed by atoms with E-state index >= 15 is 0 Å². The molecule has 1 fully saturated rings. The Balaban J connectivity index is 1.51. The zero-order valence-electron chi connectivity index (χ0n) is 12.7. The number of nitrogens with one attached hydrogen (secondary N) is 1. The van der Waals surface area contributed by atoms with Crippen LogP contribution in [0.25, 0.3) is 0 Å². The molecule has 0 radical (unpaired) electrons. The fourth-order valence-corrected chi connectivity index (χ4v) is 3.68. The highest BCUT2D eigenvalue weighted by Crippen LogP contribution is 2.19. The van der Waals surface area contributed by atoms with Crippen molar-refractivity contribution in [2.45, 2.75) is 32.4 Å². The van der Waals surface area contributed by atoms with Gasteiger partial charge in [0.25, 0.3) is 5.56 Å². The summed E-state index contributed by atoms with van der Waals surface area (Å²) < 4.78 is 5.85. The molecule has 0 spiro atoms. The lowest BCUT2D eigenvalue weighted by molar-refractivity contribution is -0.0343. The molecule has 3 rings (SSSR count). The maximum atomic E-state index is 11.3. The van der Waals surface area contributed by atoms with Crippen LogP contribution in [0, 0.1) is 6.92 Å². The van der Waals surface area contributed by atoms with Crippen LogP contribution in [-0.2, 0) is 17.7 Å². The predicted molar refractivity (Wildman–Crippen MR) is 87.3 cm³/mol. The third kappa shape index (κ3) is 4.25. The van der Waals surface area contributed by atoms with Crippen molar-refractivity contribution in [3.8, 4) is 0 Å². The molecule has 1 N–H and O–H groups in total. The minimum atomic E-state index is -0.0933. The quantitative estimate of drug-likeness (QED) is 0.915. The topological polar surface area (TPSA) is 58.2 Å². The van der Waals surface area contributed by atoms with Gasteiger partial charge in [-0.15, -0.1) is 11.3 Å². The number of H-pyrrole nitrogens is 1. The van der Waals surface area contributed by atoms with E-state index in [1.54, 1.807) is 6.07 Å². The Morgan fingerprint density at radius 1 is 1.50 bits per heavy atom. The standard InChI is InChI=1S/C16H21N3O2S/c1-12-2-5-15(22-12)10-19-6-7-21-14(9-19)4-3-13-8-16(20)18-11-17-13/h2,5,8,11,14H,3-4,6-7,9-10H2,1H3,(H,17,18,20). The molecule has 22 heavy (non-hydrogen) atoms. The maximum Gasteiger partial charge on any atom is 0.250 e. The molecule has 1 saturated heterocycles. The number of aryl methyl sites for hydroxylation is 2. The third-order valence-electron chi connectivity index (χ3n) is 3.86. The second-order valence-corrected chi connectivity index (χ2v) is 7.05. The van der Waals surface area contributed by atoms with E-state index < -0.39 is 0 Å². The van der Waals surface area contributed by atoms with Crippen molar-refractivity contribution in [1.82, 2.24) is 14.9 Å². The summed E-state index contributed by atoms with van der Waals surface area (Å²) in [4.78, 5) is 23.2. The zero-order valence-corrected chi connectivity index (χ0v) is 13.6. The van der Waals surface area contributed by atoms with Gasteiger partial charge in [-0.3, -0.25) is 9.69 Å². The number of hydrogen-bond acceptors (Lipinski definition) is 5. The van der Waals surface area contributed by atoms with Crippen LogP contribution in [0.2, 0.25) is 0 Å². The molecule has 1 aliphatic heterocycles. The predicted octanol–water partition coefficient (Wildman–Crippen LogP) is 1.97. The van der Waals surface area contributed by atoms with Gasteiger partial charge < -0.3 is 9.72 Å². The summed E-state index contributed by atoms with van der Waals surface area (Å²) in [5, 5.41) is 0. The van der Waals surface area contributed by atoms with Gasteiger partial charge in [-0.25, -0.2) is 4.98 Å². The second kappa shape index (κ2) is 7.17. The van der Waals surface area contributed by atoms with Crippen LogP contribution in [-0.4, -0.2) is 40.7 Å². The molecule has 2 aromatic rings. The van der Waals surface area contributed by atoms with E-state index in [1.807, 2.05) is 11.3 Å². The van der Waals surface area contributed by atoms with Gasteiger partial charge in [-0.05, 0) is 31.9 Å². The fraction of sp³-hybridized carbons (Fsp3) is 0.500. The Labute approximate surface area is 134 Å². The summed E-state index contributed by atoms with van der Waals surface area (Å²) in [5.74, 6) is 0. The second-order valence-electron chi connectivity index (χ2n) is 5.68. The molecule has 118 valence electrons. The molecule has 3 heterocycles. The molecule has 6 heteroatoms. The number of rotatable bonds is 5. The zero-order chi connectivity index (χ0) is 15.4. The monoisotopic (exact) mass is 319 g/mol. The molecular weight excluding hydrogens is 298 g/mol. The van der Waals surface area contributed by atoms with Crippen LogP contribution in [0.5, 0.6) is 0 Å². The highest BCUT2D eigenvalue weighted by Gasteiger charge is 2.20. The van der Waals surface area contributed by atoms with Gasteiger partial charge in [-0.2, -0.15) is 0 Å². The summed E-state index contributed by atoms with van der Waals surface area (Å²) in [6.45, 7) is 5.85. The van der Waals surface area contributed by atoms with Gasteiger partial charge in [0.15, 0.2) is 0 Å². The first-order valence-electron chi connectivity index (χ1n) is 7.62. The summed E-state index contributed by atoms with van der Waals surface area (Å²) in [6, 6.07) is 5.95. The summed E-state index contributed by atoms with van der Waals surface area (Å²) in [6.07, 6.45) is 3.36. The van der Waals surface area contributed by atoms with Crippen molar-refractivity contribution in [3.63, 3.8) is 0 Å². The highest BCUT2D eigenvalue weighted by molar-refractivity contribution is 7.11. The lowest BCUT2D eigenvalue weighted by Gasteiger charge is -2.32. The number of aromatic amines is 1. The number of thiophene rings is 1. The van der Waals surface area contributed by atoms with Crippen molar-refractivity contribution < 1.29 is 4.74 Å². The molecule has 5 nitrogen and oxygen atoms in total. The van der Waals surface area contributed by atoms with Gasteiger partial charge in [0, 0.05) is 41.1 Å². The molecule has 2 aromatic heterocycles. The van der Waals surface area contributed by atoms with Crippen molar-refractivity contribution in [1.29, 1.82) is 0 Å². The molecule has 1 aliphatic rings. The Bertz CT molecular complexity index is 667. The summed E-state index contributed by atoms with van der Waals surface area (Å²) in [5.41, 5.74) is 0.739. The Kier molecular flexibility index (Phi) is 5.02. The van der Waals surface area contributed by atoms with Crippen LogP contribution in [0.4, 0.5) is 0 Å². The molecule has 0 aliphatic carbocycles. The molecule has 1 atom stereocenters. The van der Waals surface area contributed by atoms with Crippen molar-refractivity contribution in [2.75, 3.05) is 19.7 Å². The Hall–Kier alpha value is -1.50. The number of hydrogen-bond donors (Lipinski definition) is 1. The van der Waals surface area contributed by atoms with Gasteiger partial charge in [0.2, 0.25) is 0 Å². The van der Waals surface area contributed by atoms with Gasteiger partial charge in [-0.1, -0.05) is 0 Å². The average Bonchev–Trinajstić information content (AvgIpc) is 2.91. The molecule has 0 aromatic carbocycles. The van der Waals surface area contributed by atoms with E-state index in [1.165, 1.54) is 16.1 Å². The van der Waals surface area contributed by atoms with Crippen molar-refractivity contribution >= 4 is 11.3 Å². The lowest BCUT2D eigenvalue weighted by Crippen LogP contribution is -2.42. The first kappa shape index (κ1) is 15.4. The molecule has 0 bridgehead atoms. The summed E-state index contributed by atoms with van der Waals surface area (Å²) in [7, 11) is 0. The number of aromatic nitrogens is 2. The van der Waals surface area contributed by atoms with Gasteiger partial charge >= 0.3 is 0 Å².